The van der Waals surface area contributed by atoms with Gasteiger partial charge in [-0.1, -0.05) is 0 Å². The van der Waals surface area contributed by atoms with Gasteiger partial charge in [-0.05, 0) is 0 Å². The summed E-state index contributed by atoms with van der Waals surface area (Å²) in [5.74, 6) is 0. The van der Waals surface area contributed by atoms with Crippen LogP contribution in [0.5, 0.6) is 0 Å². The van der Waals surface area contributed by atoms with Gasteiger partial charge in [0.2, 0.25) is 0 Å². The van der Waals surface area contributed by atoms with Crippen molar-refractivity contribution in [3.63, 3.8) is 0 Å². The average Bonchev–Trinajstić information content (AvgIpc) is 2.04. The third kappa shape index (κ3) is 3.05. The van der Waals surface area contributed by atoms with Crippen LogP contribution in [0.25, 0.3) is 0 Å². The molecule has 0 N–H and O–H groups in total. The van der Waals surface area contributed by atoms with E-state index in [2.05, 4.69) is 0 Å². The van der Waals surface area contributed by atoms with E-state index >= 15 is 0 Å². The fraction of sp³-hybridized carbons (Fsp3) is 0.333. The van der Waals surface area contributed by atoms with Crippen molar-refractivity contribution in [3.05, 3.63) is 29.8 Å². The molecular weight excluding hydrogens is 244 g/mol. The average molecular weight is 253 g/mol. The number of hydrogen-bond donors (Lipinski definition) is 0. The van der Waals surface area contributed by atoms with Crippen LogP contribution < -0.4 is 4.46 Å². The standard InChI is InChI=1S/C9H9F3Se/c1-2-13-8-5-3-4-7(6-8)9(10,11)12/h3-6H,2H2,1H3. The van der Waals surface area contributed by atoms with Crippen molar-refractivity contribution in [3.8, 4) is 0 Å². The number of hydrogen-bond acceptors (Lipinski definition) is 0. The topological polar surface area (TPSA) is 0 Å². The van der Waals surface area contributed by atoms with Gasteiger partial charge >= 0.3 is 80.8 Å². The van der Waals surface area contributed by atoms with Crippen molar-refractivity contribution < 1.29 is 13.2 Å². The van der Waals surface area contributed by atoms with Crippen molar-refractivity contribution in [2.75, 3.05) is 0 Å². The predicted molar refractivity (Wildman–Crippen MR) is 47.3 cm³/mol. The van der Waals surface area contributed by atoms with E-state index in [1.165, 1.54) is 12.1 Å². The van der Waals surface area contributed by atoms with Crippen molar-refractivity contribution in [2.24, 2.45) is 0 Å². The molecule has 4 heteroatoms. The van der Waals surface area contributed by atoms with Gasteiger partial charge < -0.3 is 0 Å². The third-order valence-electron chi connectivity index (χ3n) is 1.47. The second kappa shape index (κ2) is 4.16. The molecule has 0 aromatic heterocycles. The van der Waals surface area contributed by atoms with Crippen LogP contribution in [0.4, 0.5) is 13.2 Å². The minimum absolute atomic E-state index is 0.168. The molecule has 0 spiro atoms. The van der Waals surface area contributed by atoms with Crippen molar-refractivity contribution >= 4 is 19.4 Å². The molecule has 13 heavy (non-hydrogen) atoms. The van der Waals surface area contributed by atoms with Crippen LogP contribution >= 0.6 is 0 Å². The summed E-state index contributed by atoms with van der Waals surface area (Å²) >= 11 is 0.168. The second-order valence-corrected chi connectivity index (χ2v) is 5.26. The molecule has 0 nitrogen and oxygen atoms in total. The summed E-state index contributed by atoms with van der Waals surface area (Å²) in [6.45, 7) is 1.97. The van der Waals surface area contributed by atoms with E-state index < -0.39 is 11.7 Å². The van der Waals surface area contributed by atoms with E-state index in [4.69, 9.17) is 0 Å². The fourth-order valence-electron chi connectivity index (χ4n) is 0.929. The van der Waals surface area contributed by atoms with Gasteiger partial charge in [-0.3, -0.25) is 0 Å². The van der Waals surface area contributed by atoms with Gasteiger partial charge in [-0.15, -0.1) is 0 Å². The quantitative estimate of drug-likeness (QED) is 0.710. The Morgan fingerprint density at radius 2 is 2.00 bits per heavy atom. The molecule has 0 aliphatic heterocycles. The first kappa shape index (κ1) is 10.6. The van der Waals surface area contributed by atoms with Crippen molar-refractivity contribution in [2.45, 2.75) is 18.4 Å². The third-order valence-corrected chi connectivity index (χ3v) is 3.31. The molecule has 0 saturated heterocycles. The van der Waals surface area contributed by atoms with Gasteiger partial charge in [0, 0.05) is 0 Å². The van der Waals surface area contributed by atoms with Crippen LogP contribution in [0.15, 0.2) is 24.3 Å². The number of rotatable bonds is 2. The van der Waals surface area contributed by atoms with Crippen LogP contribution in [0.1, 0.15) is 12.5 Å². The summed E-state index contributed by atoms with van der Waals surface area (Å²) in [6.07, 6.45) is -4.21. The van der Waals surface area contributed by atoms with Crippen LogP contribution in [-0.4, -0.2) is 15.0 Å². The van der Waals surface area contributed by atoms with Gasteiger partial charge in [0.05, 0.1) is 0 Å². The Labute approximate surface area is 81.3 Å². The van der Waals surface area contributed by atoms with Crippen LogP contribution in [0.2, 0.25) is 5.32 Å². The van der Waals surface area contributed by atoms with Crippen molar-refractivity contribution in [1.29, 1.82) is 0 Å². The molecule has 0 bridgehead atoms. The van der Waals surface area contributed by atoms with Gasteiger partial charge in [0.15, 0.2) is 0 Å². The Hall–Kier alpha value is -0.471. The number of halogens is 3. The molecule has 1 aromatic rings. The first-order valence-corrected chi connectivity index (χ1v) is 5.91. The minimum atomic E-state index is -4.21. The van der Waals surface area contributed by atoms with Crippen LogP contribution in [0, 0.1) is 0 Å². The number of alkyl halides is 3. The Balaban J connectivity index is 2.92. The van der Waals surface area contributed by atoms with E-state index in [1.54, 1.807) is 6.07 Å². The summed E-state index contributed by atoms with van der Waals surface area (Å²) in [5.41, 5.74) is -0.541. The monoisotopic (exact) mass is 254 g/mol. The summed E-state index contributed by atoms with van der Waals surface area (Å²) in [6, 6.07) is 5.56. The summed E-state index contributed by atoms with van der Waals surface area (Å²) < 4.78 is 37.5. The predicted octanol–water partition coefficient (Wildman–Crippen LogP) is 2.47. The molecule has 0 radical (unpaired) electrons. The number of benzene rings is 1. The molecule has 0 saturated carbocycles. The van der Waals surface area contributed by atoms with Gasteiger partial charge in [-0.25, -0.2) is 0 Å². The summed E-state index contributed by atoms with van der Waals surface area (Å²) in [5, 5.41) is 0.925. The first-order chi connectivity index (χ1) is 6.04. The normalized spacial score (nSPS) is 11.7. The molecule has 0 aliphatic rings. The summed E-state index contributed by atoms with van der Waals surface area (Å²) in [7, 11) is 0. The molecule has 1 aromatic carbocycles. The molecule has 0 aliphatic carbocycles. The summed E-state index contributed by atoms with van der Waals surface area (Å²) in [4.78, 5) is 0. The first-order valence-electron chi connectivity index (χ1n) is 3.84. The Morgan fingerprint density at radius 3 is 2.54 bits per heavy atom. The van der Waals surface area contributed by atoms with Gasteiger partial charge in [0.1, 0.15) is 0 Å². The molecule has 0 amide bonds. The Kier molecular flexibility index (Phi) is 3.39. The van der Waals surface area contributed by atoms with Crippen molar-refractivity contribution in [1.82, 2.24) is 0 Å². The van der Waals surface area contributed by atoms with Gasteiger partial charge in [0.25, 0.3) is 0 Å². The maximum absolute atomic E-state index is 12.2. The molecule has 0 unspecified atom stereocenters. The Bertz CT molecular complexity index is 280. The van der Waals surface area contributed by atoms with E-state index in [0.717, 1.165) is 15.8 Å². The van der Waals surface area contributed by atoms with Gasteiger partial charge in [-0.2, -0.15) is 0 Å². The molecule has 0 atom stereocenters. The van der Waals surface area contributed by atoms with Crippen LogP contribution in [0.3, 0.4) is 0 Å². The Morgan fingerprint density at radius 1 is 1.31 bits per heavy atom. The molecule has 0 fully saturated rings. The fourth-order valence-corrected chi connectivity index (χ4v) is 2.44. The maximum atomic E-state index is 12.2. The zero-order valence-electron chi connectivity index (χ0n) is 7.06. The van der Waals surface area contributed by atoms with E-state index in [0.29, 0.717) is 0 Å². The zero-order valence-corrected chi connectivity index (χ0v) is 8.77. The molecule has 1 rings (SSSR count). The zero-order chi connectivity index (χ0) is 9.90. The van der Waals surface area contributed by atoms with E-state index in [1.807, 2.05) is 6.92 Å². The van der Waals surface area contributed by atoms with E-state index in [-0.39, 0.29) is 15.0 Å². The SMILES string of the molecule is CC[Se]c1cccc(C(F)(F)F)c1. The second-order valence-electron chi connectivity index (χ2n) is 2.46. The molecular formula is C9H9F3Se. The molecule has 0 heterocycles. The van der Waals surface area contributed by atoms with Crippen LogP contribution in [-0.2, 0) is 6.18 Å². The van der Waals surface area contributed by atoms with E-state index in [9.17, 15) is 13.2 Å². The molecule has 72 valence electrons.